The summed E-state index contributed by atoms with van der Waals surface area (Å²) in [7, 11) is -2.35. The largest absolute Gasteiger partial charge is 0.505 e. The fourth-order valence-electron chi connectivity index (χ4n) is 0.742. The molecule has 0 aliphatic carbocycles. The maximum absolute atomic E-state index is 10.5. The van der Waals surface area contributed by atoms with Crippen molar-refractivity contribution in [3.8, 4) is 0 Å². The number of nitrogens with one attached hydrogen (secondary N) is 1. The van der Waals surface area contributed by atoms with E-state index in [0.29, 0.717) is 0 Å². The smallest absolute Gasteiger partial charge is 0.480 e. The molecule has 74 valence electrons. The quantitative estimate of drug-likeness (QED) is 0.538. The standard InChI is InChI=1S/C6H10NO5P/c1-4(8)7-5(6(9)10)2-3-13(11)12/h5H,2-3H2,1H3,(H2-,7,8,9,10,11,12)/p+1. The Bertz CT molecular complexity index is 229. The van der Waals surface area contributed by atoms with Gasteiger partial charge in [-0.1, -0.05) is 0 Å². The van der Waals surface area contributed by atoms with Crippen LogP contribution < -0.4 is 5.32 Å². The summed E-state index contributed by atoms with van der Waals surface area (Å²) >= 11 is 0. The lowest BCUT2D eigenvalue weighted by atomic mass is 10.2. The van der Waals surface area contributed by atoms with Gasteiger partial charge in [-0.15, -0.1) is 0 Å². The summed E-state index contributed by atoms with van der Waals surface area (Å²) in [6.45, 7) is 1.19. The second kappa shape index (κ2) is 5.61. The minimum absolute atomic E-state index is 0.0411. The molecule has 0 aromatic heterocycles. The third kappa shape index (κ3) is 6.19. The van der Waals surface area contributed by atoms with Crippen LogP contribution in [0.5, 0.6) is 0 Å². The van der Waals surface area contributed by atoms with Gasteiger partial charge >= 0.3 is 14.0 Å². The van der Waals surface area contributed by atoms with Crippen molar-refractivity contribution in [2.75, 3.05) is 6.16 Å². The Kier molecular flexibility index (Phi) is 5.18. The lowest BCUT2D eigenvalue weighted by Gasteiger charge is -2.09. The average Bonchev–Trinajstić information content (AvgIpc) is 1.96. The Morgan fingerprint density at radius 3 is 2.38 bits per heavy atom. The van der Waals surface area contributed by atoms with Crippen molar-refractivity contribution in [3.05, 3.63) is 0 Å². The summed E-state index contributed by atoms with van der Waals surface area (Å²) < 4.78 is 10.3. The van der Waals surface area contributed by atoms with E-state index in [4.69, 9.17) is 10.00 Å². The summed E-state index contributed by atoms with van der Waals surface area (Å²) in [5, 5.41) is 10.7. The number of hydrogen-bond donors (Lipinski definition) is 3. The van der Waals surface area contributed by atoms with Crippen molar-refractivity contribution in [3.63, 3.8) is 0 Å². The zero-order valence-corrected chi connectivity index (χ0v) is 7.95. The summed E-state index contributed by atoms with van der Waals surface area (Å²) in [5.41, 5.74) is 0. The van der Waals surface area contributed by atoms with Crippen LogP contribution in [0.15, 0.2) is 0 Å². The highest BCUT2D eigenvalue weighted by Gasteiger charge is 2.22. The Labute approximate surface area is 75.8 Å². The zero-order chi connectivity index (χ0) is 10.4. The highest BCUT2D eigenvalue weighted by Crippen LogP contribution is 2.15. The molecule has 0 aliphatic heterocycles. The van der Waals surface area contributed by atoms with Crippen molar-refractivity contribution < 1.29 is 24.2 Å². The molecule has 3 N–H and O–H groups in total. The Hall–Kier alpha value is -1.00. The molecule has 0 bridgehead atoms. The van der Waals surface area contributed by atoms with Gasteiger partial charge in [0, 0.05) is 13.3 Å². The lowest BCUT2D eigenvalue weighted by Crippen LogP contribution is -2.39. The van der Waals surface area contributed by atoms with Crippen LogP contribution >= 0.6 is 8.03 Å². The summed E-state index contributed by atoms with van der Waals surface area (Å²) in [6.07, 6.45) is -0.173. The second-order valence-electron chi connectivity index (χ2n) is 2.46. The normalized spacial score (nSPS) is 13.2. The molecule has 13 heavy (non-hydrogen) atoms. The first-order valence-corrected chi connectivity index (χ1v) is 4.96. The first kappa shape index (κ1) is 12.0. The Morgan fingerprint density at radius 2 is 2.08 bits per heavy atom. The van der Waals surface area contributed by atoms with Gasteiger partial charge in [0.2, 0.25) is 5.91 Å². The maximum atomic E-state index is 10.5. The first-order valence-electron chi connectivity index (χ1n) is 3.57. The summed E-state index contributed by atoms with van der Waals surface area (Å²) in [6, 6.07) is -1.08. The third-order valence-electron chi connectivity index (χ3n) is 1.28. The Morgan fingerprint density at radius 1 is 1.54 bits per heavy atom. The average molecular weight is 208 g/mol. The van der Waals surface area contributed by atoms with Gasteiger partial charge in [0.1, 0.15) is 6.04 Å². The zero-order valence-electron chi connectivity index (χ0n) is 7.06. The molecule has 7 heteroatoms. The fraction of sp³-hybridized carbons (Fsp3) is 0.667. The van der Waals surface area contributed by atoms with E-state index in [9.17, 15) is 14.2 Å². The van der Waals surface area contributed by atoms with Gasteiger partial charge in [0.25, 0.3) is 0 Å². The molecule has 2 unspecified atom stereocenters. The van der Waals surface area contributed by atoms with Gasteiger partial charge in [0.05, 0.1) is 0 Å². The maximum Gasteiger partial charge on any atom is 0.505 e. The summed E-state index contributed by atoms with van der Waals surface area (Å²) in [5.74, 6) is -1.67. The number of carbonyl (C=O) groups is 2. The number of carboxylic acids is 1. The van der Waals surface area contributed by atoms with Crippen LogP contribution in [0.2, 0.25) is 0 Å². The SMILES string of the molecule is CC(=O)NC(CC[P+](=O)O)C(=O)O. The molecule has 0 aliphatic rings. The van der Waals surface area contributed by atoms with Gasteiger partial charge in [-0.25, -0.2) is 4.79 Å². The minimum atomic E-state index is -2.35. The van der Waals surface area contributed by atoms with Crippen LogP contribution in [-0.2, 0) is 14.2 Å². The van der Waals surface area contributed by atoms with Gasteiger partial charge in [-0.05, 0) is 4.57 Å². The number of aliphatic carboxylic acids is 1. The van der Waals surface area contributed by atoms with Gasteiger partial charge in [-0.3, -0.25) is 4.79 Å². The van der Waals surface area contributed by atoms with Crippen LogP contribution in [-0.4, -0.2) is 34.1 Å². The predicted octanol–water partition coefficient (Wildman–Crippen LogP) is -0.300. The minimum Gasteiger partial charge on any atom is -0.480 e. The van der Waals surface area contributed by atoms with E-state index in [2.05, 4.69) is 5.32 Å². The van der Waals surface area contributed by atoms with Crippen LogP contribution in [0.3, 0.4) is 0 Å². The van der Waals surface area contributed by atoms with Crippen LogP contribution in [0.25, 0.3) is 0 Å². The van der Waals surface area contributed by atoms with Gasteiger partial charge in [-0.2, -0.15) is 4.89 Å². The lowest BCUT2D eigenvalue weighted by molar-refractivity contribution is -0.141. The molecule has 0 radical (unpaired) electrons. The molecular formula is C6H11NO5P+. The molecule has 0 fully saturated rings. The fourth-order valence-corrected chi connectivity index (χ4v) is 1.22. The van der Waals surface area contributed by atoms with E-state index in [1.165, 1.54) is 6.92 Å². The molecule has 1 amide bonds. The molecule has 0 saturated heterocycles. The van der Waals surface area contributed by atoms with Gasteiger partial charge < -0.3 is 10.4 Å². The van der Waals surface area contributed by atoms with Crippen molar-refractivity contribution in [2.45, 2.75) is 19.4 Å². The predicted molar refractivity (Wildman–Crippen MR) is 44.5 cm³/mol. The number of hydrogen-bond acceptors (Lipinski definition) is 3. The number of carbonyl (C=O) groups excluding carboxylic acids is 1. The third-order valence-corrected chi connectivity index (χ3v) is 1.93. The van der Waals surface area contributed by atoms with Crippen molar-refractivity contribution in [1.29, 1.82) is 0 Å². The van der Waals surface area contributed by atoms with Gasteiger partial charge in [0.15, 0.2) is 6.16 Å². The number of carboxylic acid groups (broad SMARTS) is 1. The van der Waals surface area contributed by atoms with Crippen molar-refractivity contribution in [2.24, 2.45) is 0 Å². The van der Waals surface area contributed by atoms with Crippen molar-refractivity contribution >= 4 is 19.9 Å². The molecule has 0 rings (SSSR count). The molecular weight excluding hydrogens is 197 g/mol. The summed E-state index contributed by atoms with van der Waals surface area (Å²) in [4.78, 5) is 29.4. The second-order valence-corrected chi connectivity index (χ2v) is 3.61. The van der Waals surface area contributed by atoms with E-state index in [0.717, 1.165) is 0 Å². The molecule has 0 aromatic rings. The molecule has 0 spiro atoms. The molecule has 0 aromatic carbocycles. The highest BCUT2D eigenvalue weighted by molar-refractivity contribution is 7.37. The van der Waals surface area contributed by atoms with Crippen LogP contribution in [0.1, 0.15) is 13.3 Å². The van der Waals surface area contributed by atoms with Crippen molar-refractivity contribution in [1.82, 2.24) is 5.32 Å². The van der Waals surface area contributed by atoms with Crippen LogP contribution in [0.4, 0.5) is 0 Å². The van der Waals surface area contributed by atoms with E-state index in [-0.39, 0.29) is 12.6 Å². The molecule has 0 saturated carbocycles. The van der Waals surface area contributed by atoms with E-state index < -0.39 is 25.9 Å². The monoisotopic (exact) mass is 208 g/mol. The molecule has 2 atom stereocenters. The highest BCUT2D eigenvalue weighted by atomic mass is 31.1. The topological polar surface area (TPSA) is 104 Å². The van der Waals surface area contributed by atoms with E-state index in [1.54, 1.807) is 0 Å². The van der Waals surface area contributed by atoms with E-state index in [1.807, 2.05) is 0 Å². The van der Waals surface area contributed by atoms with Crippen LogP contribution in [0, 0.1) is 0 Å². The Balaban J connectivity index is 4.02. The molecule has 6 nitrogen and oxygen atoms in total. The first-order chi connectivity index (χ1) is 5.93. The van der Waals surface area contributed by atoms with E-state index >= 15 is 0 Å². The molecule has 0 heterocycles. The number of rotatable bonds is 5. The number of amides is 1.